The van der Waals surface area contributed by atoms with Gasteiger partial charge in [0.05, 0.1) is 10.6 Å². The number of sulfonamides is 1. The van der Waals surface area contributed by atoms with Gasteiger partial charge in [0, 0.05) is 16.8 Å². The lowest BCUT2D eigenvalue weighted by molar-refractivity contribution is 0.102. The third-order valence-corrected chi connectivity index (χ3v) is 7.01. The van der Waals surface area contributed by atoms with Crippen molar-refractivity contribution in [2.75, 3.05) is 10.0 Å². The second-order valence-corrected chi connectivity index (χ2v) is 9.67. The molecule has 4 rings (SSSR count). The number of benzene rings is 3. The van der Waals surface area contributed by atoms with E-state index < -0.39 is 32.5 Å². The number of carbonyl (C=O) groups is 2. The largest absolute Gasteiger partial charge is 0.321 e. The first-order valence-electron chi connectivity index (χ1n) is 9.81. The van der Waals surface area contributed by atoms with Crippen LogP contribution in [0.1, 0.15) is 25.6 Å². The minimum atomic E-state index is -4.27. The number of halogens is 2. The minimum Gasteiger partial charge on any atom is -0.321 e. The lowest BCUT2D eigenvalue weighted by Gasteiger charge is -2.10. The molecule has 3 aromatic carbocycles. The molecule has 172 valence electrons. The molecule has 2 N–H and O–H groups in total. The van der Waals surface area contributed by atoms with Crippen molar-refractivity contribution < 1.29 is 26.8 Å². The molecule has 0 bridgehead atoms. The van der Waals surface area contributed by atoms with Gasteiger partial charge in [-0.25, -0.2) is 17.2 Å². The van der Waals surface area contributed by atoms with Gasteiger partial charge in [-0.15, -0.1) is 11.3 Å². The van der Waals surface area contributed by atoms with Gasteiger partial charge in [-0.2, -0.15) is 0 Å². The van der Waals surface area contributed by atoms with E-state index in [9.17, 15) is 26.8 Å². The molecular weight excluding hydrogens is 482 g/mol. The highest BCUT2D eigenvalue weighted by Gasteiger charge is 2.21. The summed E-state index contributed by atoms with van der Waals surface area (Å²) in [5.41, 5.74) is 1.19. The molecular formula is C24H16F2N2O4S2. The monoisotopic (exact) mass is 498 g/mol. The topological polar surface area (TPSA) is 92.3 Å². The molecule has 0 unspecified atom stereocenters. The maximum atomic E-state index is 13.5. The van der Waals surface area contributed by atoms with Gasteiger partial charge in [-0.1, -0.05) is 42.5 Å². The maximum Gasteiger partial charge on any atom is 0.267 e. The van der Waals surface area contributed by atoms with E-state index in [1.165, 1.54) is 17.5 Å². The number of amides is 1. The van der Waals surface area contributed by atoms with E-state index >= 15 is 0 Å². The summed E-state index contributed by atoms with van der Waals surface area (Å²) in [6, 6.07) is 18.6. The van der Waals surface area contributed by atoms with Crippen molar-refractivity contribution >= 4 is 44.4 Å². The predicted molar refractivity (Wildman–Crippen MR) is 126 cm³/mol. The van der Waals surface area contributed by atoms with Gasteiger partial charge in [0.25, 0.3) is 15.9 Å². The highest BCUT2D eigenvalue weighted by molar-refractivity contribution is 7.92. The third-order valence-electron chi connectivity index (χ3n) is 4.74. The Morgan fingerprint density at radius 2 is 1.53 bits per heavy atom. The van der Waals surface area contributed by atoms with E-state index in [0.717, 1.165) is 17.4 Å². The average molecular weight is 499 g/mol. The Hall–Kier alpha value is -3.89. The van der Waals surface area contributed by atoms with E-state index in [1.807, 2.05) is 0 Å². The van der Waals surface area contributed by atoms with Crippen molar-refractivity contribution in [3.63, 3.8) is 0 Å². The molecule has 0 aliphatic carbocycles. The van der Waals surface area contributed by atoms with Crippen LogP contribution in [0.3, 0.4) is 0 Å². The smallest absolute Gasteiger partial charge is 0.267 e. The molecule has 4 aromatic rings. The number of nitrogens with one attached hydrogen (secondary N) is 2. The molecule has 1 aromatic heterocycles. The predicted octanol–water partition coefficient (Wildman–Crippen LogP) is 5.31. The summed E-state index contributed by atoms with van der Waals surface area (Å²) in [6.45, 7) is 0. The van der Waals surface area contributed by atoms with E-state index in [1.54, 1.807) is 48.5 Å². The molecule has 0 radical (unpaired) electrons. The molecule has 0 saturated heterocycles. The van der Waals surface area contributed by atoms with Gasteiger partial charge in [-0.05, 0) is 41.8 Å². The summed E-state index contributed by atoms with van der Waals surface area (Å²) in [5, 5.41) is 4.16. The molecule has 6 nitrogen and oxygen atoms in total. The van der Waals surface area contributed by atoms with Crippen LogP contribution in [-0.2, 0) is 10.0 Å². The Kier molecular flexibility index (Phi) is 6.53. The lowest BCUT2D eigenvalue weighted by atomic mass is 10.0. The van der Waals surface area contributed by atoms with Crippen molar-refractivity contribution in [2.45, 2.75) is 4.90 Å². The Morgan fingerprint density at radius 3 is 2.26 bits per heavy atom. The number of ketones is 1. The molecule has 0 atom stereocenters. The fraction of sp³-hybridized carbons (Fsp3) is 0. The molecule has 0 aliphatic heterocycles. The molecule has 0 spiro atoms. The molecule has 1 amide bonds. The van der Waals surface area contributed by atoms with Crippen LogP contribution in [0, 0.1) is 11.6 Å². The zero-order valence-electron chi connectivity index (χ0n) is 17.3. The quantitative estimate of drug-likeness (QED) is 0.338. The second-order valence-electron chi connectivity index (χ2n) is 7.07. The third kappa shape index (κ3) is 5.03. The molecule has 34 heavy (non-hydrogen) atoms. The number of rotatable bonds is 7. The second kappa shape index (κ2) is 9.54. The Labute approximate surface area is 197 Å². The van der Waals surface area contributed by atoms with Crippen molar-refractivity contribution in [2.24, 2.45) is 0 Å². The normalized spacial score (nSPS) is 11.1. The molecule has 0 saturated carbocycles. The van der Waals surface area contributed by atoms with Gasteiger partial charge >= 0.3 is 0 Å². The van der Waals surface area contributed by atoms with Crippen LogP contribution in [0.15, 0.2) is 89.1 Å². The van der Waals surface area contributed by atoms with Crippen LogP contribution in [-0.4, -0.2) is 20.1 Å². The molecule has 10 heteroatoms. The van der Waals surface area contributed by atoms with Crippen LogP contribution < -0.4 is 10.0 Å². The molecule has 1 heterocycles. The van der Waals surface area contributed by atoms with Crippen LogP contribution in [0.2, 0.25) is 0 Å². The average Bonchev–Trinajstić information content (AvgIpc) is 3.28. The van der Waals surface area contributed by atoms with Crippen LogP contribution in [0.25, 0.3) is 0 Å². The van der Waals surface area contributed by atoms with E-state index in [4.69, 9.17) is 0 Å². The van der Waals surface area contributed by atoms with Crippen molar-refractivity contribution in [1.82, 2.24) is 0 Å². The van der Waals surface area contributed by atoms with Crippen LogP contribution in [0.5, 0.6) is 0 Å². The first kappa shape index (κ1) is 23.3. The zero-order valence-corrected chi connectivity index (χ0v) is 18.9. The number of anilines is 2. The SMILES string of the molecule is O=C(c1ccccc1)c1cccc(NC(=O)c2sccc2NS(=O)(=O)c2ccc(F)c(F)c2)c1. The summed E-state index contributed by atoms with van der Waals surface area (Å²) in [5.74, 6) is -3.31. The Bertz CT molecular complexity index is 1490. The van der Waals surface area contributed by atoms with Gasteiger partial charge in [0.1, 0.15) is 4.88 Å². The van der Waals surface area contributed by atoms with Gasteiger partial charge in [-0.3, -0.25) is 14.3 Å². The molecule has 0 fully saturated rings. The van der Waals surface area contributed by atoms with Gasteiger partial charge < -0.3 is 5.32 Å². The highest BCUT2D eigenvalue weighted by atomic mass is 32.2. The summed E-state index contributed by atoms with van der Waals surface area (Å²) in [4.78, 5) is 25.1. The fourth-order valence-corrected chi connectivity index (χ4v) is 4.99. The van der Waals surface area contributed by atoms with Crippen LogP contribution >= 0.6 is 11.3 Å². The van der Waals surface area contributed by atoms with E-state index in [2.05, 4.69) is 10.0 Å². The summed E-state index contributed by atoms with van der Waals surface area (Å²) >= 11 is 0.986. The summed E-state index contributed by atoms with van der Waals surface area (Å²) < 4.78 is 54.0. The molecule has 0 aliphatic rings. The first-order chi connectivity index (χ1) is 16.2. The zero-order chi connectivity index (χ0) is 24.3. The Morgan fingerprint density at radius 1 is 0.794 bits per heavy atom. The van der Waals surface area contributed by atoms with E-state index in [-0.39, 0.29) is 16.3 Å². The van der Waals surface area contributed by atoms with Crippen LogP contribution in [0.4, 0.5) is 20.2 Å². The van der Waals surface area contributed by atoms with Crippen molar-refractivity contribution in [3.05, 3.63) is 112 Å². The lowest BCUT2D eigenvalue weighted by Crippen LogP contribution is -2.17. The number of carbonyl (C=O) groups excluding carboxylic acids is 2. The van der Waals surface area contributed by atoms with E-state index in [0.29, 0.717) is 28.9 Å². The fourth-order valence-electron chi connectivity index (χ4n) is 3.10. The summed E-state index contributed by atoms with van der Waals surface area (Å²) in [6.07, 6.45) is 0. The van der Waals surface area contributed by atoms with Gasteiger partial charge in [0.15, 0.2) is 17.4 Å². The Balaban J connectivity index is 1.53. The van der Waals surface area contributed by atoms with Gasteiger partial charge in [0.2, 0.25) is 0 Å². The van der Waals surface area contributed by atoms with Crippen molar-refractivity contribution in [3.8, 4) is 0 Å². The number of thiophene rings is 1. The standard InChI is InChI=1S/C24H16F2N2O4S2/c25-19-10-9-18(14-20(19)26)34(31,32)28-21-11-12-33-23(21)24(30)27-17-8-4-7-16(13-17)22(29)15-5-2-1-3-6-15/h1-14,28H,(H,27,30). The highest BCUT2D eigenvalue weighted by Crippen LogP contribution is 2.27. The summed E-state index contributed by atoms with van der Waals surface area (Å²) in [7, 11) is -4.27. The minimum absolute atomic E-state index is 0.0243. The maximum absolute atomic E-state index is 13.5. The first-order valence-corrected chi connectivity index (χ1v) is 12.2. The van der Waals surface area contributed by atoms with Crippen molar-refractivity contribution in [1.29, 1.82) is 0 Å². The number of hydrogen-bond acceptors (Lipinski definition) is 5. The number of hydrogen-bond donors (Lipinski definition) is 2.